The molecule has 1 atom stereocenters. The third-order valence-electron chi connectivity index (χ3n) is 4.70. The van der Waals surface area contributed by atoms with Gasteiger partial charge in [0.05, 0.1) is 11.4 Å². The third kappa shape index (κ3) is 5.24. The Balaban J connectivity index is 0.00000300. The number of aliphatic imine (C=N–C) groups is 1. The number of nitrogens with zero attached hydrogens (tertiary/aromatic N) is 3. The van der Waals surface area contributed by atoms with E-state index in [2.05, 4.69) is 26.0 Å². The zero-order valence-electron chi connectivity index (χ0n) is 16.7. The summed E-state index contributed by atoms with van der Waals surface area (Å²) < 4.78 is 14.5. The van der Waals surface area contributed by atoms with Gasteiger partial charge in [-0.25, -0.2) is 9.38 Å². The van der Waals surface area contributed by atoms with E-state index in [1.54, 1.807) is 17.8 Å². The van der Waals surface area contributed by atoms with Crippen molar-refractivity contribution in [2.24, 2.45) is 4.99 Å². The van der Waals surface area contributed by atoms with Crippen molar-refractivity contribution < 1.29 is 9.18 Å². The number of halogens is 3. The molecule has 1 aliphatic rings. The zero-order valence-corrected chi connectivity index (χ0v) is 19.1. The Morgan fingerprint density at radius 2 is 1.93 bits per heavy atom. The van der Waals surface area contributed by atoms with Crippen molar-refractivity contribution in [1.29, 1.82) is 0 Å². The second kappa shape index (κ2) is 9.83. The van der Waals surface area contributed by atoms with Crippen molar-refractivity contribution in [2.45, 2.75) is 32.9 Å². The quantitative estimate of drug-likeness (QED) is 0.560. The Morgan fingerprint density at radius 1 is 1.28 bits per heavy atom. The van der Waals surface area contributed by atoms with Crippen LogP contribution in [0.3, 0.4) is 0 Å². The maximum atomic E-state index is 14.5. The normalized spacial score (nSPS) is 17.6. The summed E-state index contributed by atoms with van der Waals surface area (Å²) in [6.07, 6.45) is -0.327. The monoisotopic (exact) mass is 455 g/mol. The van der Waals surface area contributed by atoms with Crippen molar-refractivity contribution >= 4 is 58.2 Å². The lowest BCUT2D eigenvalue weighted by Gasteiger charge is -2.33. The fraction of sp³-hybridized carbons (Fsp3) is 0.333. The Kier molecular flexibility index (Phi) is 7.97. The number of thioether (sulfide) groups is 1. The molecule has 2 aromatic rings. The molecule has 4 nitrogen and oxygen atoms in total. The van der Waals surface area contributed by atoms with E-state index in [9.17, 15) is 9.18 Å². The molecule has 1 unspecified atom stereocenters. The lowest BCUT2D eigenvalue weighted by atomic mass is 10.0. The minimum absolute atomic E-state index is 0. The van der Waals surface area contributed by atoms with Gasteiger partial charge in [-0.3, -0.25) is 9.69 Å². The van der Waals surface area contributed by atoms with Crippen LogP contribution >= 0.6 is 35.8 Å². The molecule has 2 aromatic carbocycles. The highest BCUT2D eigenvalue weighted by Crippen LogP contribution is 2.33. The molecule has 0 spiro atoms. The van der Waals surface area contributed by atoms with E-state index in [0.717, 1.165) is 10.9 Å². The number of amides is 1. The first kappa shape index (κ1) is 23.5. The van der Waals surface area contributed by atoms with Crippen molar-refractivity contribution in [3.8, 4) is 0 Å². The molecule has 0 saturated carbocycles. The highest BCUT2D eigenvalue weighted by Gasteiger charge is 2.35. The van der Waals surface area contributed by atoms with Crippen molar-refractivity contribution in [1.82, 2.24) is 4.90 Å². The molecule has 1 aliphatic heterocycles. The van der Waals surface area contributed by atoms with Crippen LogP contribution in [0.5, 0.6) is 0 Å². The molecule has 1 fully saturated rings. The van der Waals surface area contributed by atoms with Crippen molar-refractivity contribution in [3.05, 3.63) is 58.9 Å². The summed E-state index contributed by atoms with van der Waals surface area (Å²) in [5.74, 6) is 0.311. The van der Waals surface area contributed by atoms with Gasteiger partial charge in [0, 0.05) is 24.7 Å². The maximum Gasteiger partial charge on any atom is 0.225 e. The molecule has 3 rings (SSSR count). The largest absolute Gasteiger partial charge is 0.333 e. The molecule has 0 aromatic heterocycles. The summed E-state index contributed by atoms with van der Waals surface area (Å²) in [4.78, 5) is 20.4. The van der Waals surface area contributed by atoms with Gasteiger partial charge in [0.1, 0.15) is 12.0 Å². The van der Waals surface area contributed by atoms with Gasteiger partial charge in [-0.2, -0.15) is 0 Å². The molecule has 156 valence electrons. The topological polar surface area (TPSA) is 35.9 Å². The number of rotatable bonds is 4. The Hall–Kier alpha value is -1.76. The maximum absolute atomic E-state index is 14.5. The smallest absolute Gasteiger partial charge is 0.225 e. The second-order valence-electron chi connectivity index (χ2n) is 7.03. The van der Waals surface area contributed by atoms with Crippen LogP contribution < -0.4 is 4.90 Å². The van der Waals surface area contributed by atoms with Gasteiger partial charge in [0.2, 0.25) is 5.91 Å². The average molecular weight is 456 g/mol. The van der Waals surface area contributed by atoms with Gasteiger partial charge in [0.15, 0.2) is 5.17 Å². The molecule has 0 bridgehead atoms. The van der Waals surface area contributed by atoms with Gasteiger partial charge >= 0.3 is 0 Å². The van der Waals surface area contributed by atoms with E-state index in [1.807, 2.05) is 24.1 Å². The van der Waals surface area contributed by atoms with Crippen LogP contribution in [0.25, 0.3) is 0 Å². The summed E-state index contributed by atoms with van der Waals surface area (Å²) >= 11 is 7.40. The van der Waals surface area contributed by atoms with E-state index in [1.165, 1.54) is 29.5 Å². The molecule has 1 saturated heterocycles. The van der Waals surface area contributed by atoms with Crippen LogP contribution in [0, 0.1) is 5.82 Å². The fourth-order valence-corrected chi connectivity index (χ4v) is 4.43. The molecule has 0 radical (unpaired) electrons. The Morgan fingerprint density at radius 3 is 2.48 bits per heavy atom. The molecule has 1 heterocycles. The van der Waals surface area contributed by atoms with E-state index in [4.69, 9.17) is 16.6 Å². The van der Waals surface area contributed by atoms with Gasteiger partial charge in [-0.1, -0.05) is 49.3 Å². The lowest BCUT2D eigenvalue weighted by Crippen LogP contribution is -2.48. The summed E-state index contributed by atoms with van der Waals surface area (Å²) in [6.45, 7) is 5.74. The molecular weight excluding hydrogens is 432 g/mol. The summed E-state index contributed by atoms with van der Waals surface area (Å²) in [5, 5.41) is 1.09. The van der Waals surface area contributed by atoms with E-state index >= 15 is 0 Å². The highest BCUT2D eigenvalue weighted by atomic mass is 35.5. The number of hydrogen-bond donors (Lipinski definition) is 0. The van der Waals surface area contributed by atoms with Gasteiger partial charge < -0.3 is 4.90 Å². The molecule has 29 heavy (non-hydrogen) atoms. The predicted molar refractivity (Wildman–Crippen MR) is 123 cm³/mol. The van der Waals surface area contributed by atoms with Crippen molar-refractivity contribution in [2.75, 3.05) is 17.7 Å². The minimum atomic E-state index is -0.518. The van der Waals surface area contributed by atoms with Crippen LogP contribution in [0.4, 0.5) is 15.8 Å². The minimum Gasteiger partial charge on any atom is -0.333 e. The summed E-state index contributed by atoms with van der Waals surface area (Å²) in [5.41, 5.74) is 2.33. The third-order valence-corrected chi connectivity index (χ3v) is 6.04. The highest BCUT2D eigenvalue weighted by molar-refractivity contribution is 8.14. The first-order valence-electron chi connectivity index (χ1n) is 9.07. The number of hydrogen-bond acceptors (Lipinski definition) is 3. The van der Waals surface area contributed by atoms with Crippen LogP contribution in [0.1, 0.15) is 32.3 Å². The first-order chi connectivity index (χ1) is 13.3. The lowest BCUT2D eigenvalue weighted by molar-refractivity contribution is -0.117. The van der Waals surface area contributed by atoms with Crippen LogP contribution in [-0.2, 0) is 4.79 Å². The summed E-state index contributed by atoms with van der Waals surface area (Å²) in [6, 6.07) is 12.5. The predicted octanol–water partition coefficient (Wildman–Crippen LogP) is 6.07. The molecular formula is C21H24Cl2FN3OS. The number of benzene rings is 2. The van der Waals surface area contributed by atoms with Crippen molar-refractivity contribution in [3.63, 3.8) is 0 Å². The molecule has 8 heteroatoms. The number of anilines is 1. The first-order valence-corrected chi connectivity index (χ1v) is 10.4. The van der Waals surface area contributed by atoms with Gasteiger partial charge in [-0.05, 0) is 41.8 Å². The Bertz CT molecular complexity index is 905. The standard InChI is InChI=1S/C21H23ClFN3OS.ClH/c1-13(2)15-5-8-17(9-6-15)24-21-25(4)20(12-28-21)26(14(3)27)19-10-7-16(22)11-18(19)23;/h5-11,13,20H,12H2,1-4H3;1H. The molecule has 0 aliphatic carbocycles. The van der Waals surface area contributed by atoms with Crippen LogP contribution in [0.2, 0.25) is 5.02 Å². The van der Waals surface area contributed by atoms with E-state index in [0.29, 0.717) is 16.7 Å². The van der Waals surface area contributed by atoms with Gasteiger partial charge in [0.25, 0.3) is 0 Å². The van der Waals surface area contributed by atoms with Crippen LogP contribution in [0.15, 0.2) is 47.5 Å². The molecule has 0 N–H and O–H groups in total. The molecule has 1 amide bonds. The second-order valence-corrected chi connectivity index (χ2v) is 8.45. The fourth-order valence-electron chi connectivity index (χ4n) is 3.11. The summed E-state index contributed by atoms with van der Waals surface area (Å²) in [7, 11) is 1.87. The number of amidine groups is 1. The zero-order chi connectivity index (χ0) is 20.4. The van der Waals surface area contributed by atoms with Crippen LogP contribution in [-0.4, -0.2) is 34.9 Å². The van der Waals surface area contributed by atoms with E-state index in [-0.39, 0.29) is 30.2 Å². The Labute approximate surface area is 186 Å². The SMILES string of the molecule is CC(=O)N(c1ccc(Cl)cc1F)C1CSC(=Nc2ccc(C(C)C)cc2)N1C.Cl. The number of carbonyl (C=O) groups excluding carboxylic acids is 1. The average Bonchev–Trinajstić information content (AvgIpc) is 2.98. The number of carbonyl (C=O) groups is 1. The van der Waals surface area contributed by atoms with E-state index < -0.39 is 5.82 Å². The van der Waals surface area contributed by atoms with Gasteiger partial charge in [-0.15, -0.1) is 12.4 Å².